The van der Waals surface area contributed by atoms with Gasteiger partial charge in [0.2, 0.25) is 0 Å². The number of nitrogens with zero attached hydrogens (tertiary/aromatic N) is 1. The van der Waals surface area contributed by atoms with Gasteiger partial charge in [-0.15, -0.1) is 0 Å². The van der Waals surface area contributed by atoms with Gasteiger partial charge in [-0.1, -0.05) is 0 Å². The Kier molecular flexibility index (Phi) is 5.66. The molecule has 0 aliphatic carbocycles. The van der Waals surface area contributed by atoms with E-state index in [9.17, 15) is 0 Å². The van der Waals surface area contributed by atoms with Gasteiger partial charge < -0.3 is 14.4 Å². The topological polar surface area (TPSA) is 21.7 Å². The second-order valence-electron chi connectivity index (χ2n) is 4.38. The van der Waals surface area contributed by atoms with Gasteiger partial charge >= 0.3 is 0 Å². The van der Waals surface area contributed by atoms with Crippen molar-refractivity contribution in [1.29, 1.82) is 0 Å². The number of methoxy groups -OCH3 is 2. The van der Waals surface area contributed by atoms with E-state index in [1.165, 1.54) is 0 Å². The molecule has 18 heavy (non-hydrogen) atoms. The maximum absolute atomic E-state index is 5.54. The van der Waals surface area contributed by atoms with Gasteiger partial charge in [0.25, 0.3) is 0 Å². The third kappa shape index (κ3) is 3.05. The van der Waals surface area contributed by atoms with Crippen molar-refractivity contribution >= 4 is 18.3 Å². The molecule has 0 amide bonds. The molecule has 0 aliphatic heterocycles. The normalized spacial score (nSPS) is 10.3. The summed E-state index contributed by atoms with van der Waals surface area (Å²) < 4.78 is 11.0. The van der Waals surface area contributed by atoms with Crippen LogP contribution in [-0.4, -0.2) is 33.6 Å². The zero-order valence-corrected chi connectivity index (χ0v) is 12.8. The van der Waals surface area contributed by atoms with Gasteiger partial charge in [-0.25, -0.2) is 0 Å². The molecule has 1 rings (SSSR count). The van der Waals surface area contributed by atoms with Gasteiger partial charge in [-0.05, 0) is 37.1 Å². The Hall–Kier alpha value is -1.03. The molecule has 0 fully saturated rings. The fourth-order valence-electron chi connectivity index (χ4n) is 2.03. The molecule has 0 aromatic heterocycles. The van der Waals surface area contributed by atoms with E-state index in [-0.39, 0.29) is 0 Å². The van der Waals surface area contributed by atoms with Crippen LogP contribution in [0.5, 0.6) is 11.5 Å². The van der Waals surface area contributed by atoms with Crippen LogP contribution in [0.1, 0.15) is 17.5 Å². The molecule has 1 aromatic carbocycles. The highest BCUT2D eigenvalue weighted by Crippen LogP contribution is 2.38. The molecule has 0 radical (unpaired) electrons. The van der Waals surface area contributed by atoms with E-state index in [1.807, 2.05) is 13.0 Å². The van der Waals surface area contributed by atoms with Gasteiger partial charge in [0.1, 0.15) is 11.5 Å². The smallest absolute Gasteiger partial charge is 0.145 e. The molecule has 0 saturated carbocycles. The summed E-state index contributed by atoms with van der Waals surface area (Å²) in [5, 5.41) is 0. The summed E-state index contributed by atoms with van der Waals surface area (Å²) in [6.07, 6.45) is 1.04. The fourth-order valence-corrected chi connectivity index (χ4v) is 2.17. The first-order valence-corrected chi connectivity index (χ1v) is 6.74. The van der Waals surface area contributed by atoms with Gasteiger partial charge in [-0.3, -0.25) is 0 Å². The van der Waals surface area contributed by atoms with Gasteiger partial charge in [0, 0.05) is 19.7 Å². The van der Waals surface area contributed by atoms with E-state index >= 15 is 0 Å². The predicted octanol–water partition coefficient (Wildman–Crippen LogP) is 3.08. The minimum atomic E-state index is 0.884. The van der Waals surface area contributed by atoms with Gasteiger partial charge in [-0.2, -0.15) is 12.6 Å². The second kappa shape index (κ2) is 6.78. The summed E-state index contributed by atoms with van der Waals surface area (Å²) in [5.41, 5.74) is 3.32. The molecule has 0 spiro atoms. The van der Waals surface area contributed by atoms with E-state index in [0.29, 0.717) is 0 Å². The van der Waals surface area contributed by atoms with Crippen molar-refractivity contribution in [1.82, 2.24) is 0 Å². The molecule has 0 unspecified atom stereocenters. The minimum Gasteiger partial charge on any atom is -0.496 e. The lowest BCUT2D eigenvalue weighted by Crippen LogP contribution is -2.20. The lowest BCUT2D eigenvalue weighted by atomic mass is 10.1. The Morgan fingerprint density at radius 1 is 1.17 bits per heavy atom. The summed E-state index contributed by atoms with van der Waals surface area (Å²) in [6.45, 7) is 5.06. The molecule has 0 aliphatic rings. The Labute approximate surface area is 115 Å². The van der Waals surface area contributed by atoms with Crippen LogP contribution >= 0.6 is 12.6 Å². The fraction of sp³-hybridized carbons (Fsp3) is 0.571. The molecule has 3 nitrogen and oxygen atoms in total. The largest absolute Gasteiger partial charge is 0.496 e. The average Bonchev–Trinajstić information content (AvgIpc) is 2.38. The van der Waals surface area contributed by atoms with Crippen LogP contribution in [0.3, 0.4) is 0 Å². The lowest BCUT2D eigenvalue weighted by molar-refractivity contribution is 0.398. The van der Waals surface area contributed by atoms with Gasteiger partial charge in [0.05, 0.1) is 19.9 Å². The predicted molar refractivity (Wildman–Crippen MR) is 80.8 cm³/mol. The molecule has 0 bridgehead atoms. The van der Waals surface area contributed by atoms with Crippen molar-refractivity contribution in [3.63, 3.8) is 0 Å². The molecule has 4 heteroatoms. The monoisotopic (exact) mass is 269 g/mol. The van der Waals surface area contributed by atoms with Crippen molar-refractivity contribution in [2.75, 3.05) is 38.5 Å². The van der Waals surface area contributed by atoms with E-state index < -0.39 is 0 Å². The molecular formula is C14H23NO2S. The summed E-state index contributed by atoms with van der Waals surface area (Å²) in [7, 11) is 5.48. The number of thiol groups is 1. The number of hydrogen-bond donors (Lipinski definition) is 1. The summed E-state index contributed by atoms with van der Waals surface area (Å²) >= 11 is 4.25. The molecule has 0 heterocycles. The number of anilines is 1. The molecule has 0 atom stereocenters. The van der Waals surface area contributed by atoms with E-state index in [2.05, 4.69) is 31.5 Å². The first kappa shape index (κ1) is 15.0. The number of ether oxygens (including phenoxy) is 2. The third-order valence-corrected chi connectivity index (χ3v) is 3.58. The van der Waals surface area contributed by atoms with Crippen molar-refractivity contribution in [3.05, 3.63) is 17.2 Å². The van der Waals surface area contributed by atoms with Crippen molar-refractivity contribution in [2.45, 2.75) is 20.3 Å². The standard InChI is InChI=1S/C14H23NO2S/c1-10-11(2)14(17-5)12(9-13(10)16-4)15(3)7-6-8-18/h9,18H,6-8H2,1-5H3. The van der Waals surface area contributed by atoms with Crippen LogP contribution in [0.25, 0.3) is 0 Å². The highest BCUT2D eigenvalue weighted by molar-refractivity contribution is 7.80. The number of rotatable bonds is 6. The zero-order valence-electron chi connectivity index (χ0n) is 11.9. The van der Waals surface area contributed by atoms with Crippen LogP contribution in [0, 0.1) is 13.8 Å². The Bertz CT molecular complexity index is 407. The first-order valence-electron chi connectivity index (χ1n) is 6.11. The molecular weight excluding hydrogens is 246 g/mol. The Balaban J connectivity index is 3.20. The quantitative estimate of drug-likeness (QED) is 0.802. The highest BCUT2D eigenvalue weighted by atomic mass is 32.1. The Morgan fingerprint density at radius 2 is 1.83 bits per heavy atom. The van der Waals surface area contributed by atoms with Crippen LogP contribution in [-0.2, 0) is 0 Å². The van der Waals surface area contributed by atoms with Crippen LogP contribution in [0.2, 0.25) is 0 Å². The van der Waals surface area contributed by atoms with Gasteiger partial charge in [0.15, 0.2) is 0 Å². The van der Waals surface area contributed by atoms with Crippen molar-refractivity contribution < 1.29 is 9.47 Å². The zero-order chi connectivity index (χ0) is 13.7. The highest BCUT2D eigenvalue weighted by Gasteiger charge is 2.16. The summed E-state index contributed by atoms with van der Waals surface area (Å²) in [6, 6.07) is 2.04. The Morgan fingerprint density at radius 3 is 2.33 bits per heavy atom. The van der Waals surface area contributed by atoms with Crippen molar-refractivity contribution in [2.24, 2.45) is 0 Å². The minimum absolute atomic E-state index is 0.884. The molecule has 102 valence electrons. The van der Waals surface area contributed by atoms with E-state index in [4.69, 9.17) is 9.47 Å². The summed E-state index contributed by atoms with van der Waals surface area (Å²) in [4.78, 5) is 2.18. The van der Waals surface area contributed by atoms with Crippen molar-refractivity contribution in [3.8, 4) is 11.5 Å². The summed E-state index contributed by atoms with van der Waals surface area (Å²) in [5.74, 6) is 2.71. The first-order chi connectivity index (χ1) is 8.56. The SMILES string of the molecule is COc1cc(N(C)CCCS)c(OC)c(C)c1C. The second-order valence-corrected chi connectivity index (χ2v) is 4.83. The maximum atomic E-state index is 5.54. The van der Waals surface area contributed by atoms with Crippen LogP contribution in [0.15, 0.2) is 6.07 Å². The van der Waals surface area contributed by atoms with E-state index in [0.717, 1.165) is 47.0 Å². The molecule has 0 N–H and O–H groups in total. The average molecular weight is 269 g/mol. The maximum Gasteiger partial charge on any atom is 0.145 e. The van der Waals surface area contributed by atoms with Crippen LogP contribution in [0.4, 0.5) is 5.69 Å². The number of benzene rings is 1. The van der Waals surface area contributed by atoms with Crippen LogP contribution < -0.4 is 14.4 Å². The molecule has 0 saturated heterocycles. The molecule has 1 aromatic rings. The number of hydrogen-bond acceptors (Lipinski definition) is 4. The van der Waals surface area contributed by atoms with E-state index in [1.54, 1.807) is 14.2 Å². The third-order valence-electron chi connectivity index (χ3n) is 3.26. The lowest BCUT2D eigenvalue weighted by Gasteiger charge is -2.24.